The van der Waals surface area contributed by atoms with Crippen molar-refractivity contribution in [3.8, 4) is 21.8 Å². The van der Waals surface area contributed by atoms with Crippen LogP contribution in [0.15, 0.2) is 48.1 Å². The van der Waals surface area contributed by atoms with Gasteiger partial charge in [-0.05, 0) is 30.7 Å². The van der Waals surface area contributed by atoms with Crippen LogP contribution in [0.5, 0.6) is 0 Å². The van der Waals surface area contributed by atoms with Gasteiger partial charge in [-0.25, -0.2) is 4.98 Å². The first kappa shape index (κ1) is 15.4. The molecule has 0 aliphatic rings. The molecule has 0 fully saturated rings. The van der Waals surface area contributed by atoms with Crippen LogP contribution < -0.4 is 0 Å². The molecule has 3 rings (SSSR count). The number of carbonyl (C=O) groups is 1. The predicted octanol–water partition coefficient (Wildman–Crippen LogP) is 3.88. The van der Waals surface area contributed by atoms with E-state index in [9.17, 15) is 4.79 Å². The molecule has 4 nitrogen and oxygen atoms in total. The Labute approximate surface area is 139 Å². The Kier molecular flexibility index (Phi) is 4.21. The van der Waals surface area contributed by atoms with Crippen LogP contribution in [-0.2, 0) is 0 Å². The number of pyridine rings is 1. The summed E-state index contributed by atoms with van der Waals surface area (Å²) < 4.78 is 0. The number of thiazole rings is 1. The van der Waals surface area contributed by atoms with Crippen LogP contribution in [0, 0.1) is 6.92 Å². The first-order valence-electron chi connectivity index (χ1n) is 7.25. The predicted molar refractivity (Wildman–Crippen MR) is 93.5 cm³/mol. The molecule has 1 aromatic carbocycles. The zero-order valence-corrected chi connectivity index (χ0v) is 14.1. The third kappa shape index (κ3) is 3.14. The van der Waals surface area contributed by atoms with E-state index >= 15 is 0 Å². The maximum atomic E-state index is 12.1. The van der Waals surface area contributed by atoms with Crippen LogP contribution in [-0.4, -0.2) is 34.9 Å². The van der Waals surface area contributed by atoms with Gasteiger partial charge >= 0.3 is 0 Å². The molecule has 0 aliphatic carbocycles. The van der Waals surface area contributed by atoms with Gasteiger partial charge in [-0.2, -0.15) is 0 Å². The number of aryl methyl sites for hydroxylation is 1. The van der Waals surface area contributed by atoms with Gasteiger partial charge in [0.2, 0.25) is 0 Å². The molecule has 0 atom stereocenters. The summed E-state index contributed by atoms with van der Waals surface area (Å²) in [5.41, 5.74) is 4.68. The van der Waals surface area contributed by atoms with Crippen LogP contribution in [0.2, 0.25) is 0 Å². The monoisotopic (exact) mass is 323 g/mol. The summed E-state index contributed by atoms with van der Waals surface area (Å²) in [4.78, 5) is 22.6. The molecule has 0 spiro atoms. The quantitative estimate of drug-likeness (QED) is 0.735. The van der Waals surface area contributed by atoms with E-state index in [1.54, 1.807) is 36.5 Å². The minimum atomic E-state index is -0.00888. The van der Waals surface area contributed by atoms with Crippen molar-refractivity contribution in [3.63, 3.8) is 0 Å². The van der Waals surface area contributed by atoms with Crippen LogP contribution in [0.3, 0.4) is 0 Å². The molecule has 0 aliphatic heterocycles. The second-order valence-corrected chi connectivity index (χ2v) is 6.37. The third-order valence-electron chi connectivity index (χ3n) is 3.59. The summed E-state index contributed by atoms with van der Waals surface area (Å²) in [5.74, 6) is -0.00888. The highest BCUT2D eigenvalue weighted by Crippen LogP contribution is 2.30. The molecule has 2 heterocycles. The van der Waals surface area contributed by atoms with E-state index in [-0.39, 0.29) is 5.91 Å². The molecule has 3 aromatic rings. The molecular weight excluding hydrogens is 306 g/mol. The van der Waals surface area contributed by atoms with Gasteiger partial charge in [0, 0.05) is 48.6 Å². The van der Waals surface area contributed by atoms with Gasteiger partial charge in [0.05, 0.1) is 5.69 Å². The molecular formula is C18H17N3OS. The highest BCUT2D eigenvalue weighted by molar-refractivity contribution is 7.13. The van der Waals surface area contributed by atoms with Gasteiger partial charge in [0.15, 0.2) is 0 Å². The van der Waals surface area contributed by atoms with Crippen LogP contribution in [0.4, 0.5) is 0 Å². The number of carbonyl (C=O) groups excluding carboxylic acids is 1. The van der Waals surface area contributed by atoms with E-state index in [4.69, 9.17) is 4.98 Å². The fourth-order valence-electron chi connectivity index (χ4n) is 2.29. The lowest BCUT2D eigenvalue weighted by Gasteiger charge is -2.10. The summed E-state index contributed by atoms with van der Waals surface area (Å²) in [5, 5.41) is 2.95. The third-order valence-corrected chi connectivity index (χ3v) is 4.46. The van der Waals surface area contributed by atoms with Crippen molar-refractivity contribution in [1.82, 2.24) is 14.9 Å². The van der Waals surface area contributed by atoms with Crippen LogP contribution in [0.1, 0.15) is 15.9 Å². The highest BCUT2D eigenvalue weighted by atomic mass is 32.1. The molecule has 1 amide bonds. The summed E-state index contributed by atoms with van der Waals surface area (Å²) in [6, 6.07) is 9.55. The SMILES string of the molecule is Cc1ccncc1-c1nc(-c2cccc(C(=O)N(C)C)c2)cs1. The fourth-order valence-corrected chi connectivity index (χ4v) is 3.19. The van der Waals surface area contributed by atoms with E-state index in [1.165, 1.54) is 0 Å². The molecule has 0 bridgehead atoms. The van der Waals surface area contributed by atoms with E-state index in [2.05, 4.69) is 11.9 Å². The minimum absolute atomic E-state index is 0.00888. The van der Waals surface area contributed by atoms with Crippen molar-refractivity contribution >= 4 is 17.2 Å². The Hall–Kier alpha value is -2.53. The van der Waals surface area contributed by atoms with E-state index in [1.807, 2.05) is 41.9 Å². The van der Waals surface area contributed by atoms with Crippen molar-refractivity contribution < 1.29 is 4.79 Å². The van der Waals surface area contributed by atoms with Gasteiger partial charge in [-0.1, -0.05) is 12.1 Å². The van der Waals surface area contributed by atoms with Gasteiger partial charge in [-0.15, -0.1) is 11.3 Å². The van der Waals surface area contributed by atoms with Crippen LogP contribution >= 0.6 is 11.3 Å². The number of aromatic nitrogens is 2. The van der Waals surface area contributed by atoms with E-state index in [0.29, 0.717) is 5.56 Å². The molecule has 0 saturated carbocycles. The largest absolute Gasteiger partial charge is 0.345 e. The zero-order valence-electron chi connectivity index (χ0n) is 13.3. The van der Waals surface area contributed by atoms with Crippen molar-refractivity contribution in [2.75, 3.05) is 14.1 Å². The molecule has 116 valence electrons. The Morgan fingerprint density at radius 2 is 2.04 bits per heavy atom. The number of hydrogen-bond donors (Lipinski definition) is 0. The maximum Gasteiger partial charge on any atom is 0.253 e. The normalized spacial score (nSPS) is 10.6. The average Bonchev–Trinajstić information content (AvgIpc) is 3.04. The van der Waals surface area contributed by atoms with Gasteiger partial charge in [-0.3, -0.25) is 9.78 Å². The number of rotatable bonds is 3. The average molecular weight is 323 g/mol. The highest BCUT2D eigenvalue weighted by Gasteiger charge is 2.12. The second kappa shape index (κ2) is 6.30. The Balaban J connectivity index is 1.97. The molecule has 0 radical (unpaired) electrons. The zero-order chi connectivity index (χ0) is 16.4. The summed E-state index contributed by atoms with van der Waals surface area (Å²) in [6.07, 6.45) is 3.62. The van der Waals surface area contributed by atoms with Gasteiger partial charge in [0.1, 0.15) is 5.01 Å². The fraction of sp³-hybridized carbons (Fsp3) is 0.167. The van der Waals surface area contributed by atoms with Crippen molar-refractivity contribution in [2.24, 2.45) is 0 Å². The van der Waals surface area contributed by atoms with Crippen molar-refractivity contribution in [3.05, 3.63) is 59.2 Å². The lowest BCUT2D eigenvalue weighted by atomic mass is 10.1. The standard InChI is InChI=1S/C18H17N3OS/c1-12-7-8-19-10-15(12)17-20-16(11-23-17)13-5-4-6-14(9-13)18(22)21(2)3/h4-11H,1-3H3. The van der Waals surface area contributed by atoms with Crippen LogP contribution in [0.25, 0.3) is 21.8 Å². The maximum absolute atomic E-state index is 12.1. The minimum Gasteiger partial charge on any atom is -0.345 e. The molecule has 23 heavy (non-hydrogen) atoms. The van der Waals surface area contributed by atoms with Gasteiger partial charge < -0.3 is 4.90 Å². The number of amides is 1. The first-order valence-corrected chi connectivity index (χ1v) is 8.13. The number of hydrogen-bond acceptors (Lipinski definition) is 4. The smallest absolute Gasteiger partial charge is 0.253 e. The number of benzene rings is 1. The summed E-state index contributed by atoms with van der Waals surface area (Å²) >= 11 is 1.59. The van der Waals surface area contributed by atoms with E-state index < -0.39 is 0 Å². The Morgan fingerprint density at radius 3 is 2.78 bits per heavy atom. The van der Waals surface area contributed by atoms with Gasteiger partial charge in [0.25, 0.3) is 5.91 Å². The molecule has 5 heteroatoms. The Morgan fingerprint density at radius 1 is 1.22 bits per heavy atom. The molecule has 0 saturated heterocycles. The lowest BCUT2D eigenvalue weighted by molar-refractivity contribution is 0.0827. The first-order chi connectivity index (χ1) is 11.1. The summed E-state index contributed by atoms with van der Waals surface area (Å²) in [6.45, 7) is 2.05. The molecule has 0 N–H and O–H groups in total. The topological polar surface area (TPSA) is 46.1 Å². The Bertz CT molecular complexity index is 855. The molecule has 2 aromatic heterocycles. The van der Waals surface area contributed by atoms with E-state index in [0.717, 1.165) is 27.4 Å². The summed E-state index contributed by atoms with van der Waals surface area (Å²) in [7, 11) is 3.50. The number of nitrogens with zero attached hydrogens (tertiary/aromatic N) is 3. The second-order valence-electron chi connectivity index (χ2n) is 5.51. The van der Waals surface area contributed by atoms with Crippen molar-refractivity contribution in [1.29, 1.82) is 0 Å². The van der Waals surface area contributed by atoms with Crippen molar-refractivity contribution in [2.45, 2.75) is 6.92 Å². The lowest BCUT2D eigenvalue weighted by Crippen LogP contribution is -2.21. The molecule has 0 unspecified atom stereocenters.